The van der Waals surface area contributed by atoms with Gasteiger partial charge in [0.05, 0.1) is 27.9 Å². The van der Waals surface area contributed by atoms with Crippen molar-refractivity contribution < 1.29 is 17.6 Å². The Morgan fingerprint density at radius 2 is 1.82 bits per heavy atom. The van der Waals surface area contributed by atoms with Crippen LogP contribution in [0, 0.1) is 11.3 Å². The summed E-state index contributed by atoms with van der Waals surface area (Å²) in [5.41, 5.74) is -3.08. The zero-order valence-corrected chi connectivity index (χ0v) is 22.3. The van der Waals surface area contributed by atoms with Gasteiger partial charge in [-0.2, -0.15) is 23.5 Å². The van der Waals surface area contributed by atoms with Gasteiger partial charge in [-0.3, -0.25) is 0 Å². The molecule has 1 aliphatic rings. The van der Waals surface area contributed by atoms with Crippen LogP contribution in [0.1, 0.15) is 50.7 Å². The maximum atomic E-state index is 15.8. The molecule has 4 aromatic heterocycles. The highest BCUT2D eigenvalue weighted by Gasteiger charge is 2.42. The SMILES string of the molecule is Cn1cnnc1C1(F)CCN(c2c(C#N)cc(C(F)(F)F)nc2-c2cnc3nn(C(C)(C)C)c(Cl)c3c2)CC1. The maximum Gasteiger partial charge on any atom is 0.433 e. The number of pyridine rings is 2. The van der Waals surface area contributed by atoms with Crippen LogP contribution in [0.25, 0.3) is 22.3 Å². The predicted molar refractivity (Wildman–Crippen MR) is 136 cm³/mol. The second kappa shape index (κ2) is 9.15. The van der Waals surface area contributed by atoms with Crippen LogP contribution in [0.4, 0.5) is 23.2 Å². The highest BCUT2D eigenvalue weighted by molar-refractivity contribution is 6.34. The van der Waals surface area contributed by atoms with Crippen molar-refractivity contribution >= 4 is 28.3 Å². The fourth-order valence-corrected chi connectivity index (χ4v) is 5.23. The Labute approximate surface area is 226 Å². The number of hydrogen-bond donors (Lipinski definition) is 0. The Morgan fingerprint density at radius 1 is 1.13 bits per heavy atom. The van der Waals surface area contributed by atoms with Gasteiger partial charge in [0.1, 0.15) is 23.2 Å². The van der Waals surface area contributed by atoms with Gasteiger partial charge in [0.2, 0.25) is 0 Å². The van der Waals surface area contributed by atoms with Crippen LogP contribution in [0.2, 0.25) is 5.15 Å². The minimum absolute atomic E-state index is 0.00761. The second-order valence-electron chi connectivity index (χ2n) is 10.5. The number of aromatic nitrogens is 7. The quantitative estimate of drug-likeness (QED) is 0.309. The Kier molecular flexibility index (Phi) is 6.29. The third-order valence-corrected chi connectivity index (χ3v) is 7.13. The van der Waals surface area contributed by atoms with E-state index in [1.165, 1.54) is 17.1 Å². The van der Waals surface area contributed by atoms with Gasteiger partial charge in [0, 0.05) is 44.7 Å². The molecule has 1 saturated heterocycles. The molecule has 39 heavy (non-hydrogen) atoms. The first-order valence-corrected chi connectivity index (χ1v) is 12.5. The fourth-order valence-electron chi connectivity index (χ4n) is 4.80. The number of rotatable bonds is 3. The molecule has 0 unspecified atom stereocenters. The zero-order valence-electron chi connectivity index (χ0n) is 21.6. The lowest BCUT2D eigenvalue weighted by Gasteiger charge is -2.38. The van der Waals surface area contributed by atoms with E-state index in [9.17, 15) is 18.4 Å². The summed E-state index contributed by atoms with van der Waals surface area (Å²) in [5, 5.41) is 22.7. The van der Waals surface area contributed by atoms with Crippen LogP contribution >= 0.6 is 11.6 Å². The van der Waals surface area contributed by atoms with Crippen molar-refractivity contribution in [3.05, 3.63) is 46.9 Å². The van der Waals surface area contributed by atoms with Crippen LogP contribution in [0.15, 0.2) is 24.7 Å². The first-order valence-electron chi connectivity index (χ1n) is 12.1. The van der Waals surface area contributed by atoms with Gasteiger partial charge in [-0.1, -0.05) is 11.6 Å². The molecule has 204 valence electrons. The molecule has 0 bridgehead atoms. The molecule has 5 heterocycles. The lowest BCUT2D eigenvalue weighted by atomic mass is 9.91. The summed E-state index contributed by atoms with van der Waals surface area (Å²) in [6.07, 6.45) is -2.05. The number of alkyl halides is 4. The summed E-state index contributed by atoms with van der Waals surface area (Å²) in [7, 11) is 1.64. The van der Waals surface area contributed by atoms with Gasteiger partial charge < -0.3 is 9.47 Å². The van der Waals surface area contributed by atoms with E-state index in [1.54, 1.807) is 22.7 Å². The van der Waals surface area contributed by atoms with Gasteiger partial charge in [-0.15, -0.1) is 10.2 Å². The van der Waals surface area contributed by atoms with Crippen LogP contribution in [-0.2, 0) is 24.4 Å². The van der Waals surface area contributed by atoms with E-state index in [-0.39, 0.29) is 59.4 Å². The molecule has 14 heteroatoms. The van der Waals surface area contributed by atoms with E-state index in [4.69, 9.17) is 11.6 Å². The molecule has 0 atom stereocenters. The van der Waals surface area contributed by atoms with Crippen LogP contribution < -0.4 is 4.90 Å². The molecule has 0 radical (unpaired) electrons. The Balaban J connectivity index is 1.64. The summed E-state index contributed by atoms with van der Waals surface area (Å²) in [6, 6.07) is 4.16. The molecule has 0 amide bonds. The van der Waals surface area contributed by atoms with Crippen molar-refractivity contribution in [2.75, 3.05) is 18.0 Å². The molecule has 1 aliphatic heterocycles. The third kappa shape index (κ3) is 4.67. The van der Waals surface area contributed by atoms with E-state index >= 15 is 4.39 Å². The number of piperidine rings is 1. The third-order valence-electron chi connectivity index (χ3n) is 6.77. The van der Waals surface area contributed by atoms with Gasteiger partial charge in [-0.25, -0.2) is 19.0 Å². The Hall–Kier alpha value is -3.79. The molecule has 9 nitrogen and oxygen atoms in total. The number of hydrogen-bond acceptors (Lipinski definition) is 7. The molecule has 5 rings (SSSR count). The van der Waals surface area contributed by atoms with E-state index < -0.39 is 23.1 Å². The largest absolute Gasteiger partial charge is 0.433 e. The van der Waals surface area contributed by atoms with Crippen LogP contribution in [-0.4, -0.2) is 47.6 Å². The van der Waals surface area contributed by atoms with Crippen molar-refractivity contribution in [1.82, 2.24) is 34.5 Å². The van der Waals surface area contributed by atoms with Crippen molar-refractivity contribution in [2.45, 2.75) is 51.0 Å². The van der Waals surface area contributed by atoms with E-state index in [0.29, 0.717) is 11.0 Å². The molecule has 1 fully saturated rings. The molecule has 0 N–H and O–H groups in total. The number of halogens is 5. The van der Waals surface area contributed by atoms with Crippen LogP contribution in [0.3, 0.4) is 0 Å². The molecule has 4 aromatic rings. The summed E-state index contributed by atoms with van der Waals surface area (Å²) in [5.74, 6) is 0.175. The summed E-state index contributed by atoms with van der Waals surface area (Å²) in [4.78, 5) is 9.96. The minimum Gasteiger partial charge on any atom is -0.368 e. The Bertz CT molecular complexity index is 1600. The average molecular weight is 562 g/mol. The number of nitriles is 1. The standard InChI is InChI=1S/C25H24ClF4N9/c1-23(2,3)39-20(26)16-9-15(12-32-21(16)36-39)18-19(14(11-31)10-17(34-18)25(28,29)30)38-7-5-24(27,6-8-38)22-35-33-13-37(22)4/h9-10,12-13H,5-8H2,1-4H3. The highest BCUT2D eigenvalue weighted by Crippen LogP contribution is 2.43. The first-order chi connectivity index (χ1) is 18.2. The molecular formula is C25H24ClF4N9. The molecular weight excluding hydrogens is 538 g/mol. The lowest BCUT2D eigenvalue weighted by Crippen LogP contribution is -2.42. The number of fused-ring (bicyclic) bond motifs is 1. The highest BCUT2D eigenvalue weighted by atomic mass is 35.5. The van der Waals surface area contributed by atoms with Gasteiger partial charge >= 0.3 is 6.18 Å². The number of aryl methyl sites for hydroxylation is 1. The summed E-state index contributed by atoms with van der Waals surface area (Å²) < 4.78 is 60.4. The number of anilines is 1. The molecule has 0 spiro atoms. The van der Waals surface area contributed by atoms with Gasteiger partial charge in [0.25, 0.3) is 0 Å². The van der Waals surface area contributed by atoms with E-state index in [2.05, 4.69) is 25.3 Å². The maximum absolute atomic E-state index is 15.8. The van der Waals surface area contributed by atoms with Crippen molar-refractivity contribution in [2.24, 2.45) is 7.05 Å². The van der Waals surface area contributed by atoms with Crippen molar-refractivity contribution in [3.63, 3.8) is 0 Å². The smallest absolute Gasteiger partial charge is 0.368 e. The molecule has 0 aliphatic carbocycles. The summed E-state index contributed by atoms with van der Waals surface area (Å²) >= 11 is 6.59. The Morgan fingerprint density at radius 3 is 2.38 bits per heavy atom. The fraction of sp³-hybridized carbons (Fsp3) is 0.440. The van der Waals surface area contributed by atoms with Crippen LogP contribution in [0.5, 0.6) is 0 Å². The average Bonchev–Trinajstić information content (AvgIpc) is 3.46. The van der Waals surface area contributed by atoms with E-state index in [1.807, 2.05) is 26.8 Å². The predicted octanol–water partition coefficient (Wildman–Crippen LogP) is 5.39. The van der Waals surface area contributed by atoms with Gasteiger partial charge in [0.15, 0.2) is 17.1 Å². The minimum atomic E-state index is -4.80. The molecule has 0 aromatic carbocycles. The second-order valence-corrected chi connectivity index (χ2v) is 10.9. The normalized spacial score (nSPS) is 16.1. The lowest BCUT2D eigenvalue weighted by molar-refractivity contribution is -0.141. The van der Waals surface area contributed by atoms with E-state index in [0.717, 1.165) is 6.07 Å². The topological polar surface area (TPSA) is 101 Å². The molecule has 0 saturated carbocycles. The van der Waals surface area contributed by atoms with Gasteiger partial charge in [-0.05, 0) is 32.9 Å². The zero-order chi connectivity index (χ0) is 28.3. The monoisotopic (exact) mass is 561 g/mol. The first kappa shape index (κ1) is 26.8. The van der Waals surface area contributed by atoms with Crippen molar-refractivity contribution in [3.8, 4) is 17.3 Å². The summed E-state index contributed by atoms with van der Waals surface area (Å²) in [6.45, 7) is 5.92. The number of nitrogens with zero attached hydrogens (tertiary/aromatic N) is 9. The van der Waals surface area contributed by atoms with Crippen molar-refractivity contribution in [1.29, 1.82) is 5.26 Å².